The van der Waals surface area contributed by atoms with E-state index in [4.69, 9.17) is 4.74 Å². The van der Waals surface area contributed by atoms with E-state index in [2.05, 4.69) is 53.6 Å². The molecule has 0 fully saturated rings. The summed E-state index contributed by atoms with van der Waals surface area (Å²) in [7, 11) is 1.69. The second-order valence-electron chi connectivity index (χ2n) is 8.48. The first kappa shape index (κ1) is 20.2. The Morgan fingerprint density at radius 3 is 2.38 bits per heavy atom. The Kier molecular flexibility index (Phi) is 5.10. The van der Waals surface area contributed by atoms with E-state index >= 15 is 0 Å². The number of aryl methyl sites for hydroxylation is 2. The van der Waals surface area contributed by atoms with Gasteiger partial charge in [0.1, 0.15) is 5.75 Å². The predicted octanol–water partition coefficient (Wildman–Crippen LogP) is 5.97. The quantitative estimate of drug-likeness (QED) is 0.425. The van der Waals surface area contributed by atoms with Crippen LogP contribution in [0, 0.1) is 13.8 Å². The number of H-pyrrole nitrogens is 1. The van der Waals surface area contributed by atoms with E-state index in [-0.39, 0.29) is 12.1 Å². The van der Waals surface area contributed by atoms with Crippen LogP contribution < -0.4 is 10.1 Å². The van der Waals surface area contributed by atoms with E-state index in [1.165, 1.54) is 11.1 Å². The fourth-order valence-corrected chi connectivity index (χ4v) is 4.54. The number of nitrogens with zero attached hydrogens (tertiary/aromatic N) is 1. The van der Waals surface area contributed by atoms with Crippen molar-refractivity contribution in [1.29, 1.82) is 0 Å². The minimum absolute atomic E-state index is 0.0960. The van der Waals surface area contributed by atoms with Gasteiger partial charge in [0.05, 0.1) is 13.2 Å². The lowest BCUT2D eigenvalue weighted by molar-refractivity contribution is 0.193. The molecule has 0 radical (unpaired) electrons. The monoisotopic (exact) mass is 425 g/mol. The number of urea groups is 1. The van der Waals surface area contributed by atoms with Crippen LogP contribution in [0.25, 0.3) is 10.9 Å². The lowest BCUT2D eigenvalue weighted by Crippen LogP contribution is -2.43. The zero-order chi connectivity index (χ0) is 22.2. The van der Waals surface area contributed by atoms with Crippen LogP contribution in [0.1, 0.15) is 34.0 Å². The van der Waals surface area contributed by atoms with Crippen LogP contribution in [0.5, 0.6) is 5.75 Å². The molecule has 1 aliphatic rings. The average Bonchev–Trinajstić information content (AvgIpc) is 3.18. The summed E-state index contributed by atoms with van der Waals surface area (Å²) in [6.07, 6.45) is 0.784. The summed E-state index contributed by atoms with van der Waals surface area (Å²) in [6.45, 7) is 4.75. The normalized spacial score (nSPS) is 15.5. The summed E-state index contributed by atoms with van der Waals surface area (Å²) in [6, 6.07) is 22.2. The number of fused-ring (bicyclic) bond motifs is 3. The SMILES string of the molecule is COc1ccc2[nH]c3c(c2c1)CCN(C(=O)Nc1ccc(C)cc1)[C@H]3c1ccc(C)cc1. The molecule has 32 heavy (non-hydrogen) atoms. The van der Waals surface area contributed by atoms with Gasteiger partial charge >= 0.3 is 6.03 Å². The zero-order valence-electron chi connectivity index (χ0n) is 18.6. The molecule has 2 heterocycles. The van der Waals surface area contributed by atoms with Gasteiger partial charge in [-0.1, -0.05) is 47.5 Å². The maximum absolute atomic E-state index is 13.4. The Morgan fingerprint density at radius 2 is 1.69 bits per heavy atom. The molecule has 0 saturated heterocycles. The molecular formula is C27H27N3O2. The molecule has 1 atom stereocenters. The van der Waals surface area contributed by atoms with Crippen molar-refractivity contribution in [3.05, 3.63) is 94.7 Å². The third-order valence-corrected chi connectivity index (χ3v) is 6.29. The molecule has 0 unspecified atom stereocenters. The number of hydrogen-bond acceptors (Lipinski definition) is 2. The summed E-state index contributed by atoms with van der Waals surface area (Å²) >= 11 is 0. The van der Waals surface area contributed by atoms with Gasteiger partial charge in [0.25, 0.3) is 0 Å². The van der Waals surface area contributed by atoms with Gasteiger partial charge in [0.15, 0.2) is 0 Å². The molecule has 5 heteroatoms. The summed E-state index contributed by atoms with van der Waals surface area (Å²) in [5, 5.41) is 4.25. The summed E-state index contributed by atoms with van der Waals surface area (Å²) in [5.41, 5.74) is 7.64. The maximum atomic E-state index is 13.4. The zero-order valence-corrected chi connectivity index (χ0v) is 18.6. The van der Waals surface area contributed by atoms with Gasteiger partial charge in [-0.2, -0.15) is 0 Å². The minimum atomic E-state index is -0.191. The lowest BCUT2D eigenvalue weighted by Gasteiger charge is -2.36. The maximum Gasteiger partial charge on any atom is 0.322 e. The van der Waals surface area contributed by atoms with Crippen molar-refractivity contribution in [3.63, 3.8) is 0 Å². The smallest absolute Gasteiger partial charge is 0.322 e. The molecule has 1 aromatic heterocycles. The van der Waals surface area contributed by atoms with Crippen LogP contribution in [0.15, 0.2) is 66.7 Å². The first-order valence-corrected chi connectivity index (χ1v) is 10.9. The van der Waals surface area contributed by atoms with Crippen LogP contribution in [0.4, 0.5) is 10.5 Å². The van der Waals surface area contributed by atoms with E-state index in [0.29, 0.717) is 6.54 Å². The topological polar surface area (TPSA) is 57.4 Å². The molecule has 0 bridgehead atoms. The molecule has 4 aromatic rings. The van der Waals surface area contributed by atoms with E-state index < -0.39 is 0 Å². The van der Waals surface area contributed by atoms with Gasteiger partial charge < -0.3 is 19.9 Å². The van der Waals surface area contributed by atoms with Crippen LogP contribution in [-0.4, -0.2) is 29.6 Å². The fourth-order valence-electron chi connectivity index (χ4n) is 4.54. The second-order valence-corrected chi connectivity index (χ2v) is 8.48. The number of nitrogens with one attached hydrogen (secondary N) is 2. The van der Waals surface area contributed by atoms with Crippen LogP contribution >= 0.6 is 0 Å². The number of methoxy groups -OCH3 is 1. The van der Waals surface area contributed by atoms with Crippen molar-refractivity contribution in [3.8, 4) is 5.75 Å². The van der Waals surface area contributed by atoms with Crippen LogP contribution in [-0.2, 0) is 6.42 Å². The number of ether oxygens (including phenoxy) is 1. The highest BCUT2D eigenvalue weighted by molar-refractivity contribution is 5.92. The number of carbonyl (C=O) groups is 1. The third kappa shape index (κ3) is 3.60. The number of amides is 2. The van der Waals surface area contributed by atoms with Gasteiger partial charge in [-0.05, 0) is 61.7 Å². The summed E-state index contributed by atoms with van der Waals surface area (Å²) < 4.78 is 5.45. The van der Waals surface area contributed by atoms with E-state index in [0.717, 1.165) is 45.6 Å². The highest BCUT2D eigenvalue weighted by Gasteiger charge is 2.34. The molecule has 5 nitrogen and oxygen atoms in total. The highest BCUT2D eigenvalue weighted by Crippen LogP contribution is 2.39. The number of rotatable bonds is 3. The van der Waals surface area contributed by atoms with Crippen molar-refractivity contribution >= 4 is 22.6 Å². The Labute approximate surface area is 188 Å². The standard InChI is InChI=1S/C27H27N3O2/c1-17-4-8-19(9-5-17)26-25-22(23-16-21(32-3)12-13-24(23)29-25)14-15-30(26)27(31)28-20-10-6-18(2)7-11-20/h4-13,16,26,29H,14-15H2,1-3H3,(H,28,31)/t26-/m0/s1. The van der Waals surface area contributed by atoms with Crippen molar-refractivity contribution in [1.82, 2.24) is 9.88 Å². The van der Waals surface area contributed by atoms with Crippen molar-refractivity contribution < 1.29 is 9.53 Å². The van der Waals surface area contributed by atoms with Crippen LogP contribution in [0.3, 0.4) is 0 Å². The van der Waals surface area contributed by atoms with Gasteiger partial charge in [0.2, 0.25) is 0 Å². The molecule has 3 aromatic carbocycles. The molecule has 0 saturated carbocycles. The Morgan fingerprint density at radius 1 is 1.00 bits per heavy atom. The van der Waals surface area contributed by atoms with Gasteiger partial charge in [-0.15, -0.1) is 0 Å². The lowest BCUT2D eigenvalue weighted by atomic mass is 9.92. The largest absolute Gasteiger partial charge is 0.497 e. The molecule has 2 N–H and O–H groups in total. The van der Waals surface area contributed by atoms with Crippen LogP contribution in [0.2, 0.25) is 0 Å². The van der Waals surface area contributed by atoms with Gasteiger partial charge in [-0.3, -0.25) is 0 Å². The predicted molar refractivity (Wildman–Crippen MR) is 128 cm³/mol. The van der Waals surface area contributed by atoms with Crippen molar-refractivity contribution in [2.75, 3.05) is 19.0 Å². The number of aromatic amines is 1. The van der Waals surface area contributed by atoms with Gasteiger partial charge in [-0.25, -0.2) is 4.79 Å². The van der Waals surface area contributed by atoms with E-state index in [9.17, 15) is 4.79 Å². The summed E-state index contributed by atoms with van der Waals surface area (Å²) in [4.78, 5) is 18.9. The van der Waals surface area contributed by atoms with E-state index in [1.54, 1.807) is 7.11 Å². The summed E-state index contributed by atoms with van der Waals surface area (Å²) in [5.74, 6) is 0.839. The second kappa shape index (κ2) is 8.08. The molecule has 5 rings (SSSR count). The van der Waals surface area contributed by atoms with Crippen molar-refractivity contribution in [2.45, 2.75) is 26.3 Å². The van der Waals surface area contributed by atoms with Gasteiger partial charge in [0, 0.05) is 28.8 Å². The molecule has 2 amide bonds. The number of anilines is 1. The Balaban J connectivity index is 1.57. The molecule has 0 aliphatic carbocycles. The van der Waals surface area contributed by atoms with E-state index in [1.807, 2.05) is 42.2 Å². The molecule has 162 valence electrons. The first-order valence-electron chi connectivity index (χ1n) is 10.9. The fraction of sp³-hybridized carbons (Fsp3) is 0.222. The molecule has 1 aliphatic heterocycles. The average molecular weight is 426 g/mol. The number of hydrogen-bond donors (Lipinski definition) is 2. The minimum Gasteiger partial charge on any atom is -0.497 e. The number of aromatic nitrogens is 1. The number of carbonyl (C=O) groups excluding carboxylic acids is 1. The Bertz CT molecular complexity index is 1270. The highest BCUT2D eigenvalue weighted by atomic mass is 16.5. The first-order chi connectivity index (χ1) is 15.5. The third-order valence-electron chi connectivity index (χ3n) is 6.29. The Hall–Kier alpha value is -3.73. The molecule has 0 spiro atoms. The number of benzene rings is 3. The molecular weight excluding hydrogens is 398 g/mol. The van der Waals surface area contributed by atoms with Crippen molar-refractivity contribution in [2.24, 2.45) is 0 Å².